The van der Waals surface area contributed by atoms with Crippen LogP contribution in [0, 0.1) is 0 Å². The lowest BCUT2D eigenvalue weighted by Crippen LogP contribution is -2.29. The molecule has 1 aliphatic heterocycles. The predicted molar refractivity (Wildman–Crippen MR) is 82.5 cm³/mol. The Labute approximate surface area is 130 Å². The Morgan fingerprint density at radius 3 is 2.65 bits per heavy atom. The van der Waals surface area contributed by atoms with Crippen molar-refractivity contribution in [2.45, 2.75) is 25.2 Å². The molecule has 2 aromatic rings. The maximum Gasteiger partial charge on any atom is 0.270 e. The second kappa shape index (κ2) is 4.77. The number of aromatic amines is 2. The Kier molecular flexibility index (Phi) is 2.84. The SMILES string of the molecule is O=C1CCCC2=C1C(c1ccc(O)c(O)c1)c1c([nH][nH]c1=O)N2. The second-order valence-corrected chi connectivity index (χ2v) is 5.84. The Bertz CT molecular complexity index is 906. The van der Waals surface area contributed by atoms with Gasteiger partial charge in [-0.1, -0.05) is 6.07 Å². The van der Waals surface area contributed by atoms with E-state index in [1.54, 1.807) is 6.07 Å². The summed E-state index contributed by atoms with van der Waals surface area (Å²) in [4.78, 5) is 24.7. The number of benzene rings is 1. The average molecular weight is 313 g/mol. The lowest BCUT2D eigenvalue weighted by molar-refractivity contribution is -0.116. The summed E-state index contributed by atoms with van der Waals surface area (Å²) in [6, 6.07) is 4.38. The maximum absolute atomic E-state index is 12.5. The number of phenolic OH excluding ortho intramolecular Hbond substituents is 2. The molecule has 0 saturated heterocycles. The Hall–Kier alpha value is -2.96. The van der Waals surface area contributed by atoms with Gasteiger partial charge in [0.1, 0.15) is 5.82 Å². The molecule has 2 aliphatic rings. The molecule has 0 bridgehead atoms. The van der Waals surface area contributed by atoms with E-state index in [2.05, 4.69) is 15.5 Å². The van der Waals surface area contributed by atoms with E-state index >= 15 is 0 Å². The zero-order valence-electron chi connectivity index (χ0n) is 12.1. The molecule has 1 unspecified atom stereocenters. The number of Topliss-reactive ketones (excluding diaryl/α,β-unsaturated/α-hetero) is 1. The van der Waals surface area contributed by atoms with Gasteiger partial charge in [0.15, 0.2) is 17.3 Å². The fourth-order valence-electron chi connectivity index (χ4n) is 3.42. The van der Waals surface area contributed by atoms with Crippen LogP contribution < -0.4 is 10.9 Å². The van der Waals surface area contributed by atoms with Crippen LogP contribution in [0.3, 0.4) is 0 Å². The number of ketones is 1. The number of allylic oxidation sites excluding steroid dienone is 2. The number of phenols is 2. The van der Waals surface area contributed by atoms with Crippen LogP contribution in [0.1, 0.15) is 36.3 Å². The predicted octanol–water partition coefficient (Wildman–Crippen LogP) is 1.68. The van der Waals surface area contributed by atoms with Crippen LogP contribution in [-0.4, -0.2) is 26.2 Å². The van der Waals surface area contributed by atoms with Gasteiger partial charge in [-0.2, -0.15) is 0 Å². The number of carbonyl (C=O) groups is 1. The molecule has 7 nitrogen and oxygen atoms in total. The third kappa shape index (κ3) is 1.97. The summed E-state index contributed by atoms with van der Waals surface area (Å²) in [5.74, 6) is -0.533. The standard InChI is InChI=1S/C16H15N3O4/c20-9-5-4-7(6-11(9)22)12-13-8(2-1-3-10(13)21)17-15-14(12)16(23)19-18-15/h4-6,12,20,22H,1-3H2,(H3,17,18,19,23). The molecule has 1 aromatic heterocycles. The van der Waals surface area contributed by atoms with E-state index in [9.17, 15) is 19.8 Å². The highest BCUT2D eigenvalue weighted by Gasteiger charge is 2.37. The number of rotatable bonds is 1. The summed E-state index contributed by atoms with van der Waals surface area (Å²) < 4.78 is 0. The minimum absolute atomic E-state index is 0.00237. The molecule has 0 radical (unpaired) electrons. The third-order valence-corrected chi connectivity index (χ3v) is 4.46. The molecule has 0 spiro atoms. The van der Waals surface area contributed by atoms with Crippen molar-refractivity contribution in [3.8, 4) is 11.5 Å². The number of aromatic hydroxyl groups is 2. The molecule has 2 heterocycles. The number of H-pyrrole nitrogens is 2. The van der Waals surface area contributed by atoms with Crippen LogP contribution in [0.5, 0.6) is 11.5 Å². The first-order chi connectivity index (χ1) is 11.1. The Balaban J connectivity index is 1.97. The largest absolute Gasteiger partial charge is 0.504 e. The van der Waals surface area contributed by atoms with Crippen LogP contribution >= 0.6 is 0 Å². The number of hydrogen-bond donors (Lipinski definition) is 5. The lowest BCUT2D eigenvalue weighted by Gasteiger charge is -2.31. The van der Waals surface area contributed by atoms with Crippen molar-refractivity contribution in [2.75, 3.05) is 5.32 Å². The van der Waals surface area contributed by atoms with Crippen LogP contribution in [0.25, 0.3) is 0 Å². The minimum atomic E-state index is -0.560. The van der Waals surface area contributed by atoms with E-state index in [1.165, 1.54) is 12.1 Å². The van der Waals surface area contributed by atoms with Gasteiger partial charge in [0.2, 0.25) is 0 Å². The maximum atomic E-state index is 12.5. The monoisotopic (exact) mass is 313 g/mol. The quantitative estimate of drug-likeness (QED) is 0.513. The highest BCUT2D eigenvalue weighted by molar-refractivity contribution is 6.00. The van der Waals surface area contributed by atoms with Crippen molar-refractivity contribution in [3.05, 3.63) is 50.9 Å². The minimum Gasteiger partial charge on any atom is -0.504 e. The molecule has 5 N–H and O–H groups in total. The van der Waals surface area contributed by atoms with Crippen molar-refractivity contribution < 1.29 is 15.0 Å². The third-order valence-electron chi connectivity index (χ3n) is 4.46. The summed E-state index contributed by atoms with van der Waals surface area (Å²) in [7, 11) is 0. The molecule has 1 aliphatic carbocycles. The number of aromatic nitrogens is 2. The Morgan fingerprint density at radius 1 is 1.04 bits per heavy atom. The van der Waals surface area contributed by atoms with Gasteiger partial charge in [-0.05, 0) is 30.5 Å². The van der Waals surface area contributed by atoms with Crippen molar-refractivity contribution in [1.29, 1.82) is 0 Å². The molecule has 0 amide bonds. The molecule has 23 heavy (non-hydrogen) atoms. The topological polar surface area (TPSA) is 118 Å². The van der Waals surface area contributed by atoms with Gasteiger partial charge in [0.25, 0.3) is 5.56 Å². The number of nitrogens with one attached hydrogen (secondary N) is 3. The van der Waals surface area contributed by atoms with Gasteiger partial charge < -0.3 is 15.5 Å². The zero-order valence-corrected chi connectivity index (χ0v) is 12.1. The first kappa shape index (κ1) is 13.7. The highest BCUT2D eigenvalue weighted by atomic mass is 16.3. The van der Waals surface area contributed by atoms with Gasteiger partial charge in [0.05, 0.1) is 5.56 Å². The van der Waals surface area contributed by atoms with Crippen LogP contribution in [-0.2, 0) is 4.79 Å². The van der Waals surface area contributed by atoms with Crippen LogP contribution in [0.15, 0.2) is 34.3 Å². The molecule has 4 rings (SSSR count). The number of fused-ring (bicyclic) bond motifs is 1. The van der Waals surface area contributed by atoms with E-state index < -0.39 is 5.92 Å². The molecule has 118 valence electrons. The van der Waals surface area contributed by atoms with Gasteiger partial charge in [-0.3, -0.25) is 19.8 Å². The molecular weight excluding hydrogens is 298 g/mol. The van der Waals surface area contributed by atoms with Crippen molar-refractivity contribution in [2.24, 2.45) is 0 Å². The fraction of sp³-hybridized carbons (Fsp3) is 0.250. The summed E-state index contributed by atoms with van der Waals surface area (Å²) in [6.07, 6.45) is 1.94. The summed E-state index contributed by atoms with van der Waals surface area (Å²) in [6.45, 7) is 0. The van der Waals surface area contributed by atoms with Gasteiger partial charge >= 0.3 is 0 Å². The average Bonchev–Trinajstić information content (AvgIpc) is 2.90. The van der Waals surface area contributed by atoms with Gasteiger partial charge in [0, 0.05) is 23.6 Å². The fourth-order valence-corrected chi connectivity index (χ4v) is 3.42. The normalized spacial score (nSPS) is 20.0. The first-order valence-corrected chi connectivity index (χ1v) is 7.42. The number of hydrogen-bond acceptors (Lipinski definition) is 5. The van der Waals surface area contributed by atoms with E-state index in [0.29, 0.717) is 28.9 Å². The highest BCUT2D eigenvalue weighted by Crippen LogP contribution is 2.44. The Morgan fingerprint density at radius 2 is 1.87 bits per heavy atom. The lowest BCUT2D eigenvalue weighted by atomic mass is 9.77. The second-order valence-electron chi connectivity index (χ2n) is 5.84. The van der Waals surface area contributed by atoms with E-state index in [0.717, 1.165) is 18.5 Å². The molecule has 1 atom stereocenters. The smallest absolute Gasteiger partial charge is 0.270 e. The van der Waals surface area contributed by atoms with Crippen molar-refractivity contribution in [3.63, 3.8) is 0 Å². The van der Waals surface area contributed by atoms with Crippen molar-refractivity contribution >= 4 is 11.6 Å². The summed E-state index contributed by atoms with van der Waals surface area (Å²) in [5, 5.41) is 27.8. The molecular formula is C16H15N3O4. The molecule has 0 fully saturated rings. The summed E-state index contributed by atoms with van der Waals surface area (Å²) in [5.41, 5.74) is 2.08. The number of anilines is 1. The van der Waals surface area contributed by atoms with E-state index in [4.69, 9.17) is 0 Å². The summed E-state index contributed by atoms with van der Waals surface area (Å²) >= 11 is 0. The molecule has 7 heteroatoms. The van der Waals surface area contributed by atoms with E-state index in [1.807, 2.05) is 0 Å². The van der Waals surface area contributed by atoms with Crippen LogP contribution in [0.4, 0.5) is 5.82 Å². The molecule has 0 saturated carbocycles. The van der Waals surface area contributed by atoms with Crippen LogP contribution in [0.2, 0.25) is 0 Å². The van der Waals surface area contributed by atoms with Crippen molar-refractivity contribution in [1.82, 2.24) is 10.2 Å². The first-order valence-electron chi connectivity index (χ1n) is 7.42. The van der Waals surface area contributed by atoms with Gasteiger partial charge in [-0.15, -0.1) is 0 Å². The zero-order chi connectivity index (χ0) is 16.1. The van der Waals surface area contributed by atoms with Gasteiger partial charge in [-0.25, -0.2) is 0 Å². The molecule has 1 aromatic carbocycles. The number of carbonyl (C=O) groups excluding carboxylic acids is 1. The van der Waals surface area contributed by atoms with E-state index in [-0.39, 0.29) is 22.8 Å².